The van der Waals surface area contributed by atoms with Gasteiger partial charge in [-0.3, -0.25) is 9.10 Å². The molecule has 0 saturated heterocycles. The average molecular weight is 394 g/mol. The third kappa shape index (κ3) is 4.07. The van der Waals surface area contributed by atoms with Crippen LogP contribution in [-0.4, -0.2) is 21.4 Å². The fraction of sp³-hybridized carbons (Fsp3) is 0.136. The van der Waals surface area contributed by atoms with Crippen LogP contribution >= 0.6 is 0 Å². The quantitative estimate of drug-likeness (QED) is 0.698. The zero-order valence-corrected chi connectivity index (χ0v) is 16.8. The smallest absolute Gasteiger partial charge is 0.264 e. The Kier molecular flexibility index (Phi) is 5.51. The Morgan fingerprint density at radius 3 is 2.25 bits per heavy atom. The van der Waals surface area contributed by atoms with Gasteiger partial charge in [-0.05, 0) is 55.8 Å². The first-order chi connectivity index (χ1) is 13.3. The van der Waals surface area contributed by atoms with Crippen LogP contribution in [0.5, 0.6) is 0 Å². The number of nitrogens with one attached hydrogen (secondary N) is 1. The molecule has 144 valence electrons. The summed E-state index contributed by atoms with van der Waals surface area (Å²) in [6, 6.07) is 20.7. The molecule has 0 aliphatic heterocycles. The van der Waals surface area contributed by atoms with Gasteiger partial charge in [-0.15, -0.1) is 0 Å². The van der Waals surface area contributed by atoms with Gasteiger partial charge in [-0.1, -0.05) is 42.0 Å². The molecule has 1 N–H and O–H groups in total. The van der Waals surface area contributed by atoms with Crippen molar-refractivity contribution in [1.29, 1.82) is 0 Å². The fourth-order valence-corrected chi connectivity index (χ4v) is 4.15. The van der Waals surface area contributed by atoms with Gasteiger partial charge in [0, 0.05) is 18.3 Å². The molecule has 0 heterocycles. The molecule has 28 heavy (non-hydrogen) atoms. The Labute approximate surface area is 165 Å². The molecule has 0 aliphatic carbocycles. The minimum Gasteiger partial charge on any atom is -0.322 e. The first kappa shape index (κ1) is 19.6. The van der Waals surface area contributed by atoms with Crippen molar-refractivity contribution >= 4 is 27.3 Å². The number of benzene rings is 3. The summed E-state index contributed by atoms with van der Waals surface area (Å²) in [4.78, 5) is 12.6. The molecule has 3 aromatic rings. The van der Waals surface area contributed by atoms with Crippen LogP contribution in [0, 0.1) is 13.8 Å². The molecular weight excluding hydrogens is 372 g/mol. The summed E-state index contributed by atoms with van der Waals surface area (Å²) in [5.74, 6) is -0.362. The van der Waals surface area contributed by atoms with Crippen LogP contribution in [0.1, 0.15) is 21.5 Å². The first-order valence-corrected chi connectivity index (χ1v) is 10.3. The summed E-state index contributed by atoms with van der Waals surface area (Å²) in [7, 11) is -2.29. The van der Waals surface area contributed by atoms with E-state index in [1.54, 1.807) is 36.4 Å². The summed E-state index contributed by atoms with van der Waals surface area (Å²) >= 11 is 0. The lowest BCUT2D eigenvalue weighted by molar-refractivity contribution is 0.102. The van der Waals surface area contributed by atoms with Crippen LogP contribution in [0.2, 0.25) is 0 Å². The SMILES string of the molecule is Cc1ccc(NC(=O)c2cccc(S(=O)(=O)N(C)c3ccccc3C)c2)cc1. The van der Waals surface area contributed by atoms with Crippen molar-refractivity contribution in [3.8, 4) is 0 Å². The Morgan fingerprint density at radius 2 is 1.57 bits per heavy atom. The van der Waals surface area contributed by atoms with E-state index in [9.17, 15) is 13.2 Å². The number of amides is 1. The zero-order valence-electron chi connectivity index (χ0n) is 16.0. The molecule has 0 unspecified atom stereocenters. The van der Waals surface area contributed by atoms with E-state index in [0.717, 1.165) is 11.1 Å². The maximum atomic E-state index is 13.0. The summed E-state index contributed by atoms with van der Waals surface area (Å²) in [6.07, 6.45) is 0. The number of hydrogen-bond donors (Lipinski definition) is 1. The van der Waals surface area contributed by atoms with E-state index in [0.29, 0.717) is 11.4 Å². The summed E-state index contributed by atoms with van der Waals surface area (Å²) in [6.45, 7) is 3.82. The minimum absolute atomic E-state index is 0.0646. The second-order valence-corrected chi connectivity index (χ2v) is 8.58. The van der Waals surface area contributed by atoms with E-state index in [1.165, 1.54) is 23.5 Å². The number of sulfonamides is 1. The van der Waals surface area contributed by atoms with Gasteiger partial charge in [0.05, 0.1) is 10.6 Å². The molecule has 0 radical (unpaired) electrons. The molecule has 0 aromatic heterocycles. The lowest BCUT2D eigenvalue weighted by Gasteiger charge is -2.21. The Hall–Kier alpha value is -3.12. The van der Waals surface area contributed by atoms with Gasteiger partial charge in [-0.2, -0.15) is 0 Å². The van der Waals surface area contributed by atoms with Crippen molar-refractivity contribution in [3.63, 3.8) is 0 Å². The highest BCUT2D eigenvalue weighted by Crippen LogP contribution is 2.25. The van der Waals surface area contributed by atoms with Crippen molar-refractivity contribution in [2.24, 2.45) is 0 Å². The van der Waals surface area contributed by atoms with Gasteiger partial charge in [-0.25, -0.2) is 8.42 Å². The molecule has 0 aliphatic rings. The number of aryl methyl sites for hydroxylation is 2. The fourth-order valence-electron chi connectivity index (χ4n) is 2.84. The monoisotopic (exact) mass is 394 g/mol. The zero-order chi connectivity index (χ0) is 20.3. The van der Waals surface area contributed by atoms with Crippen molar-refractivity contribution < 1.29 is 13.2 Å². The maximum absolute atomic E-state index is 13.0. The van der Waals surface area contributed by atoms with E-state index in [1.807, 2.05) is 38.1 Å². The van der Waals surface area contributed by atoms with E-state index in [-0.39, 0.29) is 16.4 Å². The predicted molar refractivity (Wildman–Crippen MR) is 112 cm³/mol. The Morgan fingerprint density at radius 1 is 0.893 bits per heavy atom. The normalized spacial score (nSPS) is 11.1. The molecule has 6 heteroatoms. The van der Waals surface area contributed by atoms with E-state index < -0.39 is 10.0 Å². The first-order valence-electron chi connectivity index (χ1n) is 8.82. The molecular formula is C22H22N2O3S. The second kappa shape index (κ2) is 7.86. The highest BCUT2D eigenvalue weighted by Gasteiger charge is 2.23. The highest BCUT2D eigenvalue weighted by molar-refractivity contribution is 7.92. The molecule has 5 nitrogen and oxygen atoms in total. The van der Waals surface area contributed by atoms with Crippen LogP contribution in [0.15, 0.2) is 77.7 Å². The van der Waals surface area contributed by atoms with Crippen LogP contribution in [0.25, 0.3) is 0 Å². The number of nitrogens with zero attached hydrogens (tertiary/aromatic N) is 1. The average Bonchev–Trinajstić information content (AvgIpc) is 2.69. The predicted octanol–water partition coefficient (Wildman–Crippen LogP) is 4.38. The number of anilines is 2. The molecule has 0 bridgehead atoms. The van der Waals surface area contributed by atoms with Crippen molar-refractivity contribution in [3.05, 3.63) is 89.5 Å². The van der Waals surface area contributed by atoms with Gasteiger partial charge in [0.1, 0.15) is 0 Å². The van der Waals surface area contributed by atoms with E-state index in [4.69, 9.17) is 0 Å². The Bertz CT molecular complexity index is 1110. The Balaban J connectivity index is 1.88. The minimum atomic E-state index is -3.80. The number of carbonyl (C=O) groups is 1. The van der Waals surface area contributed by atoms with Gasteiger partial charge in [0.25, 0.3) is 15.9 Å². The highest BCUT2D eigenvalue weighted by atomic mass is 32.2. The number of para-hydroxylation sites is 1. The molecule has 3 aromatic carbocycles. The van der Waals surface area contributed by atoms with Gasteiger partial charge in [0.15, 0.2) is 0 Å². The van der Waals surface area contributed by atoms with E-state index >= 15 is 0 Å². The molecule has 3 rings (SSSR count). The third-order valence-corrected chi connectivity index (χ3v) is 6.29. The second-order valence-electron chi connectivity index (χ2n) is 6.61. The van der Waals surface area contributed by atoms with Crippen LogP contribution in [0.3, 0.4) is 0 Å². The van der Waals surface area contributed by atoms with Crippen molar-refractivity contribution in [1.82, 2.24) is 0 Å². The summed E-state index contributed by atoms with van der Waals surface area (Å²) in [5.41, 5.74) is 3.46. The molecule has 1 amide bonds. The molecule has 0 fully saturated rings. The van der Waals surface area contributed by atoms with E-state index in [2.05, 4.69) is 5.32 Å². The lowest BCUT2D eigenvalue weighted by atomic mass is 10.2. The molecule has 0 saturated carbocycles. The van der Waals surface area contributed by atoms with Crippen LogP contribution < -0.4 is 9.62 Å². The van der Waals surface area contributed by atoms with Crippen molar-refractivity contribution in [2.45, 2.75) is 18.7 Å². The maximum Gasteiger partial charge on any atom is 0.264 e. The number of hydrogen-bond acceptors (Lipinski definition) is 3. The largest absolute Gasteiger partial charge is 0.322 e. The van der Waals surface area contributed by atoms with Crippen molar-refractivity contribution in [2.75, 3.05) is 16.7 Å². The third-order valence-electron chi connectivity index (χ3n) is 4.52. The summed E-state index contributed by atoms with van der Waals surface area (Å²) in [5, 5.41) is 2.79. The molecule has 0 atom stereocenters. The molecule has 0 spiro atoms. The van der Waals surface area contributed by atoms with Crippen LogP contribution in [-0.2, 0) is 10.0 Å². The number of carbonyl (C=O) groups excluding carboxylic acids is 1. The van der Waals surface area contributed by atoms with Gasteiger partial charge >= 0.3 is 0 Å². The number of rotatable bonds is 5. The topological polar surface area (TPSA) is 66.5 Å². The summed E-state index contributed by atoms with van der Waals surface area (Å²) < 4.78 is 27.3. The standard InChI is InChI=1S/C22H22N2O3S/c1-16-11-13-19(14-12-16)23-22(25)18-8-6-9-20(15-18)28(26,27)24(3)21-10-5-4-7-17(21)2/h4-15H,1-3H3,(H,23,25). The van der Waals surface area contributed by atoms with Crippen LogP contribution in [0.4, 0.5) is 11.4 Å². The lowest BCUT2D eigenvalue weighted by Crippen LogP contribution is -2.27. The van der Waals surface area contributed by atoms with Gasteiger partial charge in [0.2, 0.25) is 0 Å². The van der Waals surface area contributed by atoms with Gasteiger partial charge < -0.3 is 5.32 Å².